The Bertz CT molecular complexity index is 5960. The number of piperidine rings is 3. The number of benzene rings is 7. The van der Waals surface area contributed by atoms with Crippen molar-refractivity contribution in [1.29, 1.82) is 0 Å². The molecule has 0 radical (unpaired) electrons. The number of fused-ring (bicyclic) bond motifs is 3. The summed E-state index contributed by atoms with van der Waals surface area (Å²) in [5.74, 6) is 0.524. The largest absolute Gasteiger partial charge is 0.399 e. The summed E-state index contributed by atoms with van der Waals surface area (Å²) in [7, 11) is -10.3. The highest BCUT2D eigenvalue weighted by Gasteiger charge is 2.37. The summed E-state index contributed by atoms with van der Waals surface area (Å²) in [6.45, 7) is 9.54. The smallest absolute Gasteiger partial charge is 0.277 e. The third-order valence-corrected chi connectivity index (χ3v) is 28.0. The second-order valence-corrected chi connectivity index (χ2v) is 36.3. The molecular formula is C82H91F3N16O9S3. The van der Waals surface area contributed by atoms with Gasteiger partial charge in [0.25, 0.3) is 16.7 Å². The number of imidazole rings is 3. The lowest BCUT2D eigenvalue weighted by Crippen LogP contribution is -2.41. The van der Waals surface area contributed by atoms with E-state index in [1.54, 1.807) is 71.0 Å². The number of aromatic nitrogens is 12. The van der Waals surface area contributed by atoms with Crippen molar-refractivity contribution in [1.82, 2.24) is 72.2 Å². The summed E-state index contributed by atoms with van der Waals surface area (Å²) >= 11 is 0. The second-order valence-electron chi connectivity index (χ2n) is 29.9. The lowest BCUT2D eigenvalue weighted by atomic mass is 9.90. The Kier molecular flexibility index (Phi) is 23.4. The maximum atomic E-state index is 13.7. The van der Waals surface area contributed by atoms with E-state index in [4.69, 9.17) is 5.73 Å². The Morgan fingerprint density at radius 3 is 1.03 bits per heavy atom. The van der Waals surface area contributed by atoms with Gasteiger partial charge < -0.3 is 20.7 Å². The molecule has 3 fully saturated rings. The summed E-state index contributed by atoms with van der Waals surface area (Å²) in [6, 6.07) is 47.8. The maximum Gasteiger partial charge on any atom is 0.277 e. The fourth-order valence-corrected chi connectivity index (χ4v) is 20.0. The molecule has 0 unspecified atom stereocenters. The minimum absolute atomic E-state index is 0.0187. The van der Waals surface area contributed by atoms with Crippen LogP contribution < -0.4 is 22.4 Å². The molecule has 3 aliphatic heterocycles. The molecule has 592 valence electrons. The van der Waals surface area contributed by atoms with E-state index in [9.17, 15) is 52.8 Å². The summed E-state index contributed by atoms with van der Waals surface area (Å²) in [6.07, 6.45) is 6.74. The Morgan fingerprint density at radius 2 is 0.717 bits per heavy atom. The van der Waals surface area contributed by atoms with E-state index in [0.717, 1.165) is 66.9 Å². The molecule has 7 aromatic carbocycles. The fraction of sp³-hybridized carbons (Fsp3) is 0.341. The number of nitrogens with zero attached hydrogens (tertiary/aromatic N) is 9. The van der Waals surface area contributed by atoms with Crippen LogP contribution in [0, 0.1) is 23.4 Å². The monoisotopic (exact) mass is 1600 g/mol. The van der Waals surface area contributed by atoms with Gasteiger partial charge in [0.1, 0.15) is 17.5 Å². The number of aryl methyl sites for hydroxylation is 3. The van der Waals surface area contributed by atoms with Crippen molar-refractivity contribution in [3.8, 4) is 17.8 Å². The van der Waals surface area contributed by atoms with Crippen LogP contribution in [-0.2, 0) is 68.6 Å². The van der Waals surface area contributed by atoms with Gasteiger partial charge in [0.15, 0.2) is 0 Å². The van der Waals surface area contributed by atoms with Crippen molar-refractivity contribution in [2.75, 3.05) is 50.8 Å². The number of nitrogens with two attached hydrogens (primary N) is 1. The molecule has 0 spiro atoms. The first-order valence-electron chi connectivity index (χ1n) is 38.2. The molecule has 113 heavy (non-hydrogen) atoms. The zero-order valence-electron chi connectivity index (χ0n) is 63.1. The molecule has 3 aliphatic rings. The van der Waals surface area contributed by atoms with E-state index in [1.807, 2.05) is 86.6 Å². The number of hydrogen-bond acceptors (Lipinski definition) is 13. The Hall–Kier alpha value is -10.7. The second kappa shape index (κ2) is 33.5. The van der Waals surface area contributed by atoms with E-state index >= 15 is 0 Å². The zero-order valence-corrected chi connectivity index (χ0v) is 65.6. The molecule has 8 N–H and O–H groups in total. The topological polar surface area (TPSA) is 338 Å². The van der Waals surface area contributed by atoms with Crippen molar-refractivity contribution < 1.29 is 38.4 Å². The average molecular weight is 1600 g/mol. The predicted octanol–water partition coefficient (Wildman–Crippen LogP) is 12.1. The molecular weight excluding hydrogens is 1510 g/mol. The van der Waals surface area contributed by atoms with Gasteiger partial charge in [-0.1, -0.05) is 86.6 Å². The van der Waals surface area contributed by atoms with E-state index in [1.165, 1.54) is 66.9 Å². The van der Waals surface area contributed by atoms with Crippen LogP contribution in [0.15, 0.2) is 189 Å². The summed E-state index contributed by atoms with van der Waals surface area (Å²) < 4.78 is 126. The summed E-state index contributed by atoms with van der Waals surface area (Å²) in [5, 5.41) is 9.45. The standard InChI is InChI=1S/C29H29FN6O3S.C27H32FN5O3S.C26H30FN5O3S/c30-21-8-5-19(6-9-21)7-14-24-27(34-36(28(24)37)29-32-25-3-1-2-4-26(25)33-29)20-15-17-35(18-16-20)40(38,39)23-12-10-22(31)11-13-23;1-18(2)17-37(35,36)32-15-13-20(14-16-32)25-22(12-9-19-7-10-21(28)11-8-19)26(34)33(31-25)27-29-23-5-3-4-6-24(23)30-27;1-17(2)36(34,35)31-15-13-19(14-16-31)24-21(12-9-18-7-10-20(27)11-8-18)25(33)32(30-24)26-28-22-5-3-4-6-23(22)29-26/h1-6,8-13,20,34H,7,14-18,31H2,(H,32,33);3-8,10-11,18,20,31H,9,12-17H2,1-2H3,(H,29,30);3-8,10-11,17,19,30H,9,12-16H2,1-2H3,(H,28,29). The Balaban J connectivity index is 0.000000141. The summed E-state index contributed by atoms with van der Waals surface area (Å²) in [4.78, 5) is 64.6. The number of H-pyrrole nitrogens is 6. The number of aromatic amines is 6. The molecule has 31 heteroatoms. The highest BCUT2D eigenvalue weighted by atomic mass is 32.2. The van der Waals surface area contributed by atoms with Crippen LogP contribution in [0.2, 0.25) is 0 Å². The van der Waals surface area contributed by atoms with Gasteiger partial charge in [0, 0.05) is 96.5 Å². The van der Waals surface area contributed by atoms with Gasteiger partial charge >= 0.3 is 0 Å². The van der Waals surface area contributed by atoms with Crippen LogP contribution >= 0.6 is 0 Å². The third kappa shape index (κ3) is 17.6. The Labute approximate surface area is 651 Å². The van der Waals surface area contributed by atoms with Crippen LogP contribution in [0.4, 0.5) is 18.9 Å². The molecule has 0 bridgehead atoms. The van der Waals surface area contributed by atoms with Gasteiger partial charge in [0.2, 0.25) is 47.9 Å². The molecule has 0 amide bonds. The first-order valence-corrected chi connectivity index (χ1v) is 42.7. The van der Waals surface area contributed by atoms with Crippen LogP contribution in [-0.4, -0.2) is 148 Å². The van der Waals surface area contributed by atoms with Crippen LogP contribution in [0.25, 0.3) is 50.9 Å². The molecule has 3 saturated heterocycles. The highest BCUT2D eigenvalue weighted by Crippen LogP contribution is 2.36. The van der Waals surface area contributed by atoms with Crippen molar-refractivity contribution in [2.45, 2.75) is 133 Å². The molecule has 9 heterocycles. The molecule has 0 atom stereocenters. The van der Waals surface area contributed by atoms with Crippen molar-refractivity contribution >= 4 is 68.9 Å². The number of para-hydroxylation sites is 6. The van der Waals surface area contributed by atoms with Crippen LogP contribution in [0.3, 0.4) is 0 Å². The number of anilines is 1. The van der Waals surface area contributed by atoms with Gasteiger partial charge in [-0.05, 0) is 211 Å². The van der Waals surface area contributed by atoms with Gasteiger partial charge in [0.05, 0.1) is 49.0 Å². The first-order chi connectivity index (χ1) is 54.2. The molecule has 25 nitrogen and oxygen atoms in total. The van der Waals surface area contributed by atoms with Gasteiger partial charge in [-0.2, -0.15) is 18.4 Å². The minimum atomic E-state index is -3.65. The van der Waals surface area contributed by atoms with E-state index in [0.29, 0.717) is 157 Å². The van der Waals surface area contributed by atoms with E-state index in [2.05, 4.69) is 45.2 Å². The number of hydrogen-bond donors (Lipinski definition) is 7. The molecule has 0 saturated carbocycles. The van der Waals surface area contributed by atoms with Crippen molar-refractivity contribution in [3.05, 3.63) is 269 Å². The lowest BCUT2D eigenvalue weighted by molar-refractivity contribution is 0.313. The quantitative estimate of drug-likeness (QED) is 0.0311. The highest BCUT2D eigenvalue weighted by molar-refractivity contribution is 7.90. The minimum Gasteiger partial charge on any atom is -0.399 e. The summed E-state index contributed by atoms with van der Waals surface area (Å²) in [5.41, 5.74) is 17.6. The molecule has 16 rings (SSSR count). The van der Waals surface area contributed by atoms with E-state index in [-0.39, 0.29) is 68.4 Å². The lowest BCUT2D eigenvalue weighted by Gasteiger charge is -2.32. The number of nitrogen functional groups attached to an aromatic ring is 1. The molecule has 0 aliphatic carbocycles. The van der Waals surface area contributed by atoms with Gasteiger partial charge in [-0.15, -0.1) is 0 Å². The average Bonchev–Trinajstić information content (AvgIpc) is 1.64. The zero-order chi connectivity index (χ0) is 79.5. The van der Waals surface area contributed by atoms with E-state index < -0.39 is 35.3 Å². The van der Waals surface area contributed by atoms with Gasteiger partial charge in [-0.3, -0.25) is 29.7 Å². The third-order valence-electron chi connectivity index (χ3n) is 21.6. The predicted molar refractivity (Wildman–Crippen MR) is 431 cm³/mol. The van der Waals surface area contributed by atoms with Crippen LogP contribution in [0.5, 0.6) is 0 Å². The van der Waals surface area contributed by atoms with Crippen molar-refractivity contribution in [3.63, 3.8) is 0 Å². The molecule has 13 aromatic rings. The fourth-order valence-electron chi connectivity index (χ4n) is 15.4. The van der Waals surface area contributed by atoms with Crippen LogP contribution in [0.1, 0.15) is 134 Å². The SMILES string of the molecule is CC(C)CS(=O)(=O)N1CCC(c2[nH]n(-c3nc4ccccc4[nH]3)c(=O)c2CCc2ccc(F)cc2)CC1.CC(C)S(=O)(=O)N1CCC(c2[nH]n(-c3nc4ccccc4[nH]3)c(=O)c2CCc2ccc(F)cc2)CC1.Nc1ccc(S(=O)(=O)N2CCC(c3[nH]n(-c4nc5ccccc5[nH]4)c(=O)c3CCc3ccc(F)cc3)CC2)cc1. The first kappa shape index (κ1) is 79.0. The Morgan fingerprint density at radius 1 is 0.407 bits per heavy atom. The number of halogens is 3. The number of nitrogens with one attached hydrogen (secondary N) is 6. The van der Waals surface area contributed by atoms with Gasteiger partial charge in [-0.25, -0.2) is 62.0 Å². The number of sulfonamides is 3. The number of rotatable bonds is 22. The normalized spacial score (nSPS) is 15.5. The molecule has 6 aromatic heterocycles. The van der Waals surface area contributed by atoms with Crippen molar-refractivity contribution in [2.24, 2.45) is 5.92 Å². The maximum absolute atomic E-state index is 13.7.